The number of carbonyl (C=O) groups is 1. The van der Waals surface area contributed by atoms with E-state index >= 15 is 0 Å². The van der Waals surface area contributed by atoms with Crippen molar-refractivity contribution in [3.05, 3.63) is 59.4 Å². The van der Waals surface area contributed by atoms with E-state index in [2.05, 4.69) is 52.3 Å². The van der Waals surface area contributed by atoms with Crippen molar-refractivity contribution in [2.45, 2.75) is 30.0 Å². The number of fused-ring (bicyclic) bond motifs is 1. The van der Waals surface area contributed by atoms with Crippen LogP contribution in [0.2, 0.25) is 0 Å². The molecule has 0 unspecified atom stereocenters. The Morgan fingerprint density at radius 3 is 2.82 bits per heavy atom. The molecule has 2 aromatic rings. The van der Waals surface area contributed by atoms with Crippen LogP contribution in [0.4, 0.5) is 0 Å². The average Bonchev–Trinajstić information content (AvgIpc) is 2.74. The number of Topliss-reactive ketones (excluding diaryl/α,β-unsaturated/α-hetero) is 1. The quantitative estimate of drug-likeness (QED) is 0.690. The molecule has 4 rings (SSSR count). The molecule has 1 heterocycles. The van der Waals surface area contributed by atoms with Crippen molar-refractivity contribution < 1.29 is 9.53 Å². The molecule has 1 aliphatic carbocycles. The molecule has 0 radical (unpaired) electrons. The molecule has 0 N–H and O–H groups in total. The van der Waals surface area contributed by atoms with E-state index in [0.29, 0.717) is 12.4 Å². The van der Waals surface area contributed by atoms with Gasteiger partial charge in [0.25, 0.3) is 0 Å². The molecule has 2 nitrogen and oxygen atoms in total. The third-order valence-electron chi connectivity index (χ3n) is 4.80. The second kappa shape index (κ2) is 4.95. The van der Waals surface area contributed by atoms with Crippen LogP contribution >= 0.6 is 15.9 Å². The molecule has 0 bridgehead atoms. The Balaban J connectivity index is 1.97. The number of ketones is 1. The van der Waals surface area contributed by atoms with Gasteiger partial charge in [-0.2, -0.15) is 0 Å². The number of alkyl halides is 1. The molecule has 2 aliphatic rings. The van der Waals surface area contributed by atoms with Gasteiger partial charge in [-0.15, -0.1) is 0 Å². The summed E-state index contributed by atoms with van der Waals surface area (Å²) in [7, 11) is 0. The van der Waals surface area contributed by atoms with E-state index in [1.807, 2.05) is 13.0 Å². The lowest BCUT2D eigenvalue weighted by molar-refractivity contribution is -0.119. The minimum atomic E-state index is -0.619. The van der Waals surface area contributed by atoms with Crippen LogP contribution in [0.1, 0.15) is 31.2 Å². The first kappa shape index (κ1) is 14.0. The van der Waals surface area contributed by atoms with Crippen LogP contribution in [-0.2, 0) is 9.53 Å². The highest BCUT2D eigenvalue weighted by Gasteiger charge is 2.52. The zero-order chi connectivity index (χ0) is 15.3. The number of carbonyl (C=O) groups excluding carboxylic acids is 1. The topological polar surface area (TPSA) is 26.3 Å². The number of hydrogen-bond acceptors (Lipinski definition) is 2. The largest absolute Gasteiger partial charge is 0.490 e. The van der Waals surface area contributed by atoms with Gasteiger partial charge in [0.05, 0.1) is 10.9 Å². The predicted octanol–water partition coefficient (Wildman–Crippen LogP) is 4.72. The van der Waals surface area contributed by atoms with Crippen molar-refractivity contribution in [1.29, 1.82) is 0 Å². The average molecular weight is 357 g/mol. The standard InChI is InChI=1S/C19H17BrO2/c1-19(20)16(15-10-5-11-22-17(15)18(19)21)14-9-4-7-12-6-2-3-8-13(12)14/h2-4,6-9,16H,5,10-11H2,1H3/t16-,19+/m0/s1. The van der Waals surface area contributed by atoms with Crippen molar-refractivity contribution in [1.82, 2.24) is 0 Å². The second-order valence-electron chi connectivity index (χ2n) is 6.21. The molecule has 3 heteroatoms. The molecule has 0 aromatic heterocycles. The smallest absolute Gasteiger partial charge is 0.214 e. The summed E-state index contributed by atoms with van der Waals surface area (Å²) in [5.41, 5.74) is 2.37. The van der Waals surface area contributed by atoms with E-state index in [1.54, 1.807) is 0 Å². The van der Waals surface area contributed by atoms with Crippen LogP contribution in [0.5, 0.6) is 0 Å². The van der Waals surface area contributed by atoms with Gasteiger partial charge in [0.2, 0.25) is 5.78 Å². The van der Waals surface area contributed by atoms with E-state index in [-0.39, 0.29) is 11.7 Å². The van der Waals surface area contributed by atoms with E-state index in [0.717, 1.165) is 18.4 Å². The first-order chi connectivity index (χ1) is 10.6. The molecule has 0 spiro atoms. The summed E-state index contributed by atoms with van der Waals surface area (Å²) in [6, 6.07) is 14.7. The number of rotatable bonds is 1. The monoisotopic (exact) mass is 356 g/mol. The fraction of sp³-hybridized carbons (Fsp3) is 0.316. The van der Waals surface area contributed by atoms with Gasteiger partial charge in [-0.1, -0.05) is 58.4 Å². The molecule has 22 heavy (non-hydrogen) atoms. The first-order valence-corrected chi connectivity index (χ1v) is 8.47. The molecule has 0 fully saturated rings. The SMILES string of the molecule is C[C@]1(Br)C(=O)C2=C(CCCO2)[C@@H]1c1cccc2ccccc12. The maximum absolute atomic E-state index is 12.8. The summed E-state index contributed by atoms with van der Waals surface area (Å²) in [6.45, 7) is 2.62. The normalized spacial score (nSPS) is 27.9. The van der Waals surface area contributed by atoms with Gasteiger partial charge in [-0.3, -0.25) is 4.79 Å². The number of ether oxygens (including phenoxy) is 1. The van der Waals surface area contributed by atoms with Crippen molar-refractivity contribution in [3.8, 4) is 0 Å². The Morgan fingerprint density at radius 1 is 1.18 bits per heavy atom. The lowest BCUT2D eigenvalue weighted by atomic mass is 9.81. The van der Waals surface area contributed by atoms with Gasteiger partial charge >= 0.3 is 0 Å². The van der Waals surface area contributed by atoms with E-state index < -0.39 is 4.32 Å². The van der Waals surface area contributed by atoms with Crippen LogP contribution in [0.3, 0.4) is 0 Å². The zero-order valence-electron chi connectivity index (χ0n) is 12.4. The van der Waals surface area contributed by atoms with Crippen molar-refractivity contribution in [3.63, 3.8) is 0 Å². The molecule has 1 aliphatic heterocycles. The predicted molar refractivity (Wildman–Crippen MR) is 91.2 cm³/mol. The minimum Gasteiger partial charge on any atom is -0.490 e. The first-order valence-electron chi connectivity index (χ1n) is 7.68. The minimum absolute atomic E-state index is 0.0430. The highest BCUT2D eigenvalue weighted by Crippen LogP contribution is 2.53. The molecule has 0 saturated carbocycles. The number of hydrogen-bond donors (Lipinski definition) is 0. The van der Waals surface area contributed by atoms with E-state index in [1.165, 1.54) is 16.3 Å². The summed E-state index contributed by atoms with van der Waals surface area (Å²) in [5, 5.41) is 2.43. The summed E-state index contributed by atoms with van der Waals surface area (Å²) < 4.78 is 5.09. The lowest BCUT2D eigenvalue weighted by Crippen LogP contribution is -2.31. The van der Waals surface area contributed by atoms with E-state index in [9.17, 15) is 4.79 Å². The Labute approximate surface area is 138 Å². The third-order valence-corrected chi connectivity index (χ3v) is 5.62. The van der Waals surface area contributed by atoms with Gasteiger partial charge in [0.15, 0.2) is 5.76 Å². The molecular weight excluding hydrogens is 340 g/mol. The molecule has 0 saturated heterocycles. The van der Waals surface area contributed by atoms with Gasteiger partial charge in [-0.25, -0.2) is 0 Å². The van der Waals surface area contributed by atoms with Crippen LogP contribution in [0.25, 0.3) is 10.8 Å². The van der Waals surface area contributed by atoms with Gasteiger partial charge in [0, 0.05) is 5.92 Å². The van der Waals surface area contributed by atoms with Crippen LogP contribution in [0.15, 0.2) is 53.8 Å². The molecule has 0 amide bonds. The summed E-state index contributed by atoms with van der Waals surface area (Å²) in [5.74, 6) is 0.727. The van der Waals surface area contributed by atoms with Gasteiger partial charge in [-0.05, 0) is 41.7 Å². The number of halogens is 1. The zero-order valence-corrected chi connectivity index (χ0v) is 14.0. The van der Waals surface area contributed by atoms with Gasteiger partial charge in [0.1, 0.15) is 0 Å². The molecule has 112 valence electrons. The maximum atomic E-state index is 12.8. The fourth-order valence-electron chi connectivity index (χ4n) is 3.79. The Kier molecular flexibility index (Phi) is 3.15. The maximum Gasteiger partial charge on any atom is 0.214 e. The summed E-state index contributed by atoms with van der Waals surface area (Å²) in [4.78, 5) is 12.8. The summed E-state index contributed by atoms with van der Waals surface area (Å²) >= 11 is 3.72. The van der Waals surface area contributed by atoms with Crippen molar-refractivity contribution in [2.24, 2.45) is 0 Å². The number of allylic oxidation sites excluding steroid dienone is 2. The highest BCUT2D eigenvalue weighted by atomic mass is 79.9. The second-order valence-corrected chi connectivity index (χ2v) is 7.86. The lowest BCUT2D eigenvalue weighted by Gasteiger charge is -2.27. The molecular formula is C19H17BrO2. The fourth-order valence-corrected chi connectivity index (χ4v) is 4.50. The molecule has 2 aromatic carbocycles. The van der Waals surface area contributed by atoms with Crippen molar-refractivity contribution in [2.75, 3.05) is 6.61 Å². The van der Waals surface area contributed by atoms with Gasteiger partial charge < -0.3 is 4.74 Å². The van der Waals surface area contributed by atoms with Crippen LogP contribution in [-0.4, -0.2) is 16.7 Å². The Bertz CT molecular complexity index is 799. The Morgan fingerprint density at radius 2 is 1.95 bits per heavy atom. The van der Waals surface area contributed by atoms with E-state index in [4.69, 9.17) is 4.74 Å². The Hall–Kier alpha value is -1.61. The third kappa shape index (κ3) is 1.88. The number of benzene rings is 2. The van der Waals surface area contributed by atoms with Crippen LogP contribution in [0, 0.1) is 0 Å². The molecule has 2 atom stereocenters. The van der Waals surface area contributed by atoms with Crippen LogP contribution < -0.4 is 0 Å². The van der Waals surface area contributed by atoms with Crippen molar-refractivity contribution >= 4 is 32.5 Å². The summed E-state index contributed by atoms with van der Waals surface area (Å²) in [6.07, 6.45) is 1.92. The highest BCUT2D eigenvalue weighted by molar-refractivity contribution is 9.10.